The molecule has 0 saturated carbocycles. The van der Waals surface area contributed by atoms with Crippen LogP contribution in [0.25, 0.3) is 10.9 Å². The van der Waals surface area contributed by atoms with Gasteiger partial charge < -0.3 is 14.2 Å². The molecular formula is C17H12ClNO3. The highest BCUT2D eigenvalue weighted by atomic mass is 35.5. The zero-order valence-electron chi connectivity index (χ0n) is 11.6. The Kier molecular flexibility index (Phi) is 3.24. The van der Waals surface area contributed by atoms with Gasteiger partial charge >= 0.3 is 0 Å². The number of halogens is 1. The summed E-state index contributed by atoms with van der Waals surface area (Å²) in [6.07, 6.45) is 1.68. The first-order chi connectivity index (χ1) is 10.8. The molecule has 1 aliphatic heterocycles. The fourth-order valence-electron chi connectivity index (χ4n) is 2.42. The average Bonchev–Trinajstić information content (AvgIpc) is 3.01. The summed E-state index contributed by atoms with van der Waals surface area (Å²) >= 11 is 6.18. The van der Waals surface area contributed by atoms with Crippen LogP contribution in [0, 0.1) is 0 Å². The molecule has 0 unspecified atom stereocenters. The lowest BCUT2D eigenvalue weighted by atomic mass is 10.2. The Morgan fingerprint density at radius 2 is 2.00 bits per heavy atom. The van der Waals surface area contributed by atoms with Gasteiger partial charge in [0.15, 0.2) is 11.5 Å². The fourth-order valence-corrected chi connectivity index (χ4v) is 2.63. The Morgan fingerprint density at radius 1 is 1.09 bits per heavy atom. The third-order valence-electron chi connectivity index (χ3n) is 3.51. The molecule has 5 heteroatoms. The molecule has 22 heavy (non-hydrogen) atoms. The van der Waals surface area contributed by atoms with Crippen molar-refractivity contribution in [3.63, 3.8) is 0 Å². The molecule has 0 fully saturated rings. The van der Waals surface area contributed by atoms with E-state index >= 15 is 0 Å². The maximum Gasteiger partial charge on any atom is 0.231 e. The van der Waals surface area contributed by atoms with Crippen molar-refractivity contribution < 1.29 is 14.2 Å². The van der Waals surface area contributed by atoms with Gasteiger partial charge in [0, 0.05) is 11.6 Å². The number of aromatic nitrogens is 1. The lowest BCUT2D eigenvalue weighted by Crippen LogP contribution is -1.97. The first-order valence-electron chi connectivity index (χ1n) is 6.86. The number of hydrogen-bond acceptors (Lipinski definition) is 4. The number of benzene rings is 2. The molecule has 0 saturated heterocycles. The van der Waals surface area contributed by atoms with Crippen LogP contribution in [-0.4, -0.2) is 11.8 Å². The Bertz CT molecular complexity index is 850. The molecule has 4 nitrogen and oxygen atoms in total. The third-order valence-corrected chi connectivity index (χ3v) is 3.84. The summed E-state index contributed by atoms with van der Waals surface area (Å²) in [4.78, 5) is 4.36. The third kappa shape index (κ3) is 2.31. The van der Waals surface area contributed by atoms with E-state index in [2.05, 4.69) is 4.98 Å². The van der Waals surface area contributed by atoms with E-state index in [1.165, 1.54) is 0 Å². The monoisotopic (exact) mass is 313 g/mol. The molecule has 0 aliphatic carbocycles. The second-order valence-corrected chi connectivity index (χ2v) is 5.33. The maximum atomic E-state index is 6.18. The van der Waals surface area contributed by atoms with Crippen molar-refractivity contribution in [1.29, 1.82) is 0 Å². The number of para-hydroxylation sites is 1. The lowest BCUT2D eigenvalue weighted by Gasteiger charge is -2.09. The van der Waals surface area contributed by atoms with Gasteiger partial charge in [0.1, 0.15) is 17.9 Å². The number of nitrogens with zero attached hydrogens (tertiary/aromatic N) is 1. The molecular weight excluding hydrogens is 302 g/mol. The zero-order valence-corrected chi connectivity index (χ0v) is 12.3. The minimum absolute atomic E-state index is 0.269. The van der Waals surface area contributed by atoms with Gasteiger partial charge in [-0.3, -0.25) is 4.98 Å². The molecule has 0 radical (unpaired) electrons. The van der Waals surface area contributed by atoms with Crippen molar-refractivity contribution in [3.05, 3.63) is 59.2 Å². The van der Waals surface area contributed by atoms with Crippen molar-refractivity contribution in [2.24, 2.45) is 0 Å². The Morgan fingerprint density at radius 3 is 2.95 bits per heavy atom. The van der Waals surface area contributed by atoms with Crippen LogP contribution in [0.4, 0.5) is 0 Å². The van der Waals surface area contributed by atoms with Crippen molar-refractivity contribution in [3.8, 4) is 17.2 Å². The Labute approximate surface area is 132 Å². The van der Waals surface area contributed by atoms with Gasteiger partial charge in [0.05, 0.1) is 5.02 Å². The summed E-state index contributed by atoms with van der Waals surface area (Å²) in [5.41, 5.74) is 1.76. The second-order valence-electron chi connectivity index (χ2n) is 4.92. The van der Waals surface area contributed by atoms with E-state index in [0.717, 1.165) is 28.0 Å². The first-order valence-corrected chi connectivity index (χ1v) is 7.23. The van der Waals surface area contributed by atoms with E-state index in [4.69, 9.17) is 25.8 Å². The number of fused-ring (bicyclic) bond motifs is 2. The van der Waals surface area contributed by atoms with Crippen LogP contribution in [0.1, 0.15) is 5.56 Å². The van der Waals surface area contributed by atoms with Crippen LogP contribution in [0.15, 0.2) is 48.7 Å². The zero-order chi connectivity index (χ0) is 14.9. The van der Waals surface area contributed by atoms with E-state index in [9.17, 15) is 0 Å². The smallest absolute Gasteiger partial charge is 0.231 e. The van der Waals surface area contributed by atoms with E-state index in [-0.39, 0.29) is 6.79 Å². The molecule has 2 aromatic carbocycles. The summed E-state index contributed by atoms with van der Waals surface area (Å²) in [7, 11) is 0. The van der Waals surface area contributed by atoms with Crippen LogP contribution in [-0.2, 0) is 6.61 Å². The fraction of sp³-hybridized carbons (Fsp3) is 0.118. The topological polar surface area (TPSA) is 40.6 Å². The van der Waals surface area contributed by atoms with Crippen molar-refractivity contribution in [1.82, 2.24) is 4.98 Å². The quantitative estimate of drug-likeness (QED) is 0.726. The van der Waals surface area contributed by atoms with E-state index in [1.807, 2.05) is 36.4 Å². The molecule has 0 amide bonds. The van der Waals surface area contributed by atoms with Gasteiger partial charge in [-0.25, -0.2) is 0 Å². The SMILES string of the molecule is Clc1ccnc2c(OCc3ccc4c(c3)OCO4)cccc12. The highest BCUT2D eigenvalue weighted by Crippen LogP contribution is 2.33. The van der Waals surface area contributed by atoms with E-state index in [1.54, 1.807) is 12.3 Å². The van der Waals surface area contributed by atoms with Gasteiger partial charge in [-0.05, 0) is 29.8 Å². The highest BCUT2D eigenvalue weighted by molar-refractivity contribution is 6.35. The lowest BCUT2D eigenvalue weighted by molar-refractivity contribution is 0.174. The number of rotatable bonds is 3. The molecule has 3 aromatic rings. The van der Waals surface area contributed by atoms with Crippen LogP contribution in [0.2, 0.25) is 5.02 Å². The molecule has 0 bridgehead atoms. The number of hydrogen-bond donors (Lipinski definition) is 0. The molecule has 4 rings (SSSR count). The van der Waals surface area contributed by atoms with Gasteiger partial charge in [0.25, 0.3) is 0 Å². The van der Waals surface area contributed by atoms with Gasteiger partial charge in [-0.1, -0.05) is 29.8 Å². The van der Waals surface area contributed by atoms with Crippen LogP contribution in [0.3, 0.4) is 0 Å². The minimum atomic E-state index is 0.269. The summed E-state index contributed by atoms with van der Waals surface area (Å²) in [5.74, 6) is 2.22. The largest absolute Gasteiger partial charge is 0.487 e. The van der Waals surface area contributed by atoms with Gasteiger partial charge in [0.2, 0.25) is 6.79 Å². The first kappa shape index (κ1) is 13.2. The Balaban J connectivity index is 1.61. The molecule has 2 heterocycles. The van der Waals surface area contributed by atoms with Crippen LogP contribution >= 0.6 is 11.6 Å². The molecule has 0 atom stereocenters. The predicted molar refractivity (Wildman–Crippen MR) is 83.7 cm³/mol. The maximum absolute atomic E-state index is 6.18. The van der Waals surface area contributed by atoms with Gasteiger partial charge in [-0.2, -0.15) is 0 Å². The predicted octanol–water partition coefficient (Wildman–Crippen LogP) is 4.20. The Hall–Kier alpha value is -2.46. The molecule has 110 valence electrons. The van der Waals surface area contributed by atoms with E-state index in [0.29, 0.717) is 17.4 Å². The molecule has 1 aliphatic rings. The van der Waals surface area contributed by atoms with Crippen LogP contribution in [0.5, 0.6) is 17.2 Å². The number of pyridine rings is 1. The van der Waals surface area contributed by atoms with Crippen molar-refractivity contribution >= 4 is 22.5 Å². The average molecular weight is 314 g/mol. The van der Waals surface area contributed by atoms with Crippen molar-refractivity contribution in [2.45, 2.75) is 6.61 Å². The molecule has 0 spiro atoms. The molecule has 1 aromatic heterocycles. The van der Waals surface area contributed by atoms with E-state index < -0.39 is 0 Å². The van der Waals surface area contributed by atoms with Crippen molar-refractivity contribution in [2.75, 3.05) is 6.79 Å². The molecule has 0 N–H and O–H groups in total. The highest BCUT2D eigenvalue weighted by Gasteiger charge is 2.13. The summed E-state index contributed by atoms with van der Waals surface area (Å²) in [6, 6.07) is 13.3. The summed E-state index contributed by atoms with van der Waals surface area (Å²) < 4.78 is 16.6. The van der Waals surface area contributed by atoms with Gasteiger partial charge in [-0.15, -0.1) is 0 Å². The normalized spacial score (nSPS) is 12.6. The number of ether oxygens (including phenoxy) is 3. The standard InChI is InChI=1S/C17H12ClNO3/c18-13-6-7-19-17-12(13)2-1-3-15(17)20-9-11-4-5-14-16(8-11)22-10-21-14/h1-8H,9-10H2. The summed E-state index contributed by atoms with van der Waals surface area (Å²) in [6.45, 7) is 0.690. The minimum Gasteiger partial charge on any atom is -0.487 e. The van der Waals surface area contributed by atoms with Crippen LogP contribution < -0.4 is 14.2 Å². The second kappa shape index (κ2) is 5.39. The summed E-state index contributed by atoms with van der Waals surface area (Å²) in [5, 5.41) is 1.55.